The van der Waals surface area contributed by atoms with E-state index >= 15 is 0 Å². The van der Waals surface area contributed by atoms with Gasteiger partial charge in [-0.05, 0) is 30.4 Å². The minimum atomic E-state index is -0.180. The van der Waals surface area contributed by atoms with Crippen molar-refractivity contribution in [2.24, 2.45) is 0 Å². The molecule has 4 heteroatoms. The van der Waals surface area contributed by atoms with Crippen LogP contribution in [0.2, 0.25) is 0 Å². The van der Waals surface area contributed by atoms with Gasteiger partial charge in [-0.2, -0.15) is 0 Å². The van der Waals surface area contributed by atoms with Gasteiger partial charge in [0.25, 0.3) is 5.56 Å². The number of rotatable bonds is 1. The number of nitrogens with two attached hydrogens (primary N) is 1. The van der Waals surface area contributed by atoms with Crippen molar-refractivity contribution in [2.75, 3.05) is 5.73 Å². The van der Waals surface area contributed by atoms with Gasteiger partial charge in [0.15, 0.2) is 0 Å². The molecule has 3 rings (SSSR count). The van der Waals surface area contributed by atoms with Crippen LogP contribution in [0.1, 0.15) is 35.7 Å². The van der Waals surface area contributed by atoms with Gasteiger partial charge in [-0.25, -0.2) is 4.98 Å². The van der Waals surface area contributed by atoms with Crippen LogP contribution in [-0.4, -0.2) is 9.97 Å². The van der Waals surface area contributed by atoms with Crippen molar-refractivity contribution in [1.29, 1.82) is 0 Å². The molecule has 2 aromatic rings. The van der Waals surface area contributed by atoms with Gasteiger partial charge >= 0.3 is 0 Å². The number of nitrogens with one attached hydrogen (secondary N) is 1. The standard InChI is InChI=1S/C14H15N3O/c15-12-8-13(18)17-14(16-12)11-7-3-5-9-4-1-2-6-10(9)11/h1-2,4,6,8,11H,3,5,7H2,(H3,15,16,17,18). The molecule has 1 unspecified atom stereocenters. The van der Waals surface area contributed by atoms with Crippen molar-refractivity contribution < 1.29 is 0 Å². The van der Waals surface area contributed by atoms with Crippen LogP contribution in [0.4, 0.5) is 5.82 Å². The highest BCUT2D eigenvalue weighted by molar-refractivity contribution is 5.37. The molecule has 1 aromatic carbocycles. The number of aryl methyl sites for hydroxylation is 1. The molecular weight excluding hydrogens is 226 g/mol. The molecule has 0 spiro atoms. The quantitative estimate of drug-likeness (QED) is 0.800. The number of hydrogen-bond acceptors (Lipinski definition) is 3. The average molecular weight is 241 g/mol. The van der Waals surface area contributed by atoms with E-state index in [0.29, 0.717) is 5.82 Å². The third-order valence-corrected chi connectivity index (χ3v) is 3.48. The summed E-state index contributed by atoms with van der Waals surface area (Å²) < 4.78 is 0. The van der Waals surface area contributed by atoms with E-state index in [4.69, 9.17) is 5.73 Å². The van der Waals surface area contributed by atoms with E-state index in [-0.39, 0.29) is 17.3 Å². The Labute approximate surface area is 105 Å². The summed E-state index contributed by atoms with van der Waals surface area (Å²) in [6.45, 7) is 0. The summed E-state index contributed by atoms with van der Waals surface area (Å²) in [5, 5.41) is 0. The number of anilines is 1. The zero-order chi connectivity index (χ0) is 12.5. The van der Waals surface area contributed by atoms with Crippen LogP contribution in [0.15, 0.2) is 35.1 Å². The molecule has 0 radical (unpaired) electrons. The van der Waals surface area contributed by atoms with E-state index in [2.05, 4.69) is 28.2 Å². The van der Waals surface area contributed by atoms with Gasteiger partial charge in [-0.3, -0.25) is 4.79 Å². The third-order valence-electron chi connectivity index (χ3n) is 3.48. The van der Waals surface area contributed by atoms with Crippen LogP contribution in [0, 0.1) is 0 Å². The number of fused-ring (bicyclic) bond motifs is 1. The fraction of sp³-hybridized carbons (Fsp3) is 0.286. The molecule has 0 fully saturated rings. The SMILES string of the molecule is Nc1cc(=O)[nH]c(C2CCCc3ccccc32)n1. The zero-order valence-electron chi connectivity index (χ0n) is 10.0. The highest BCUT2D eigenvalue weighted by Crippen LogP contribution is 2.34. The summed E-state index contributed by atoms with van der Waals surface area (Å²) in [5.74, 6) is 1.13. The Morgan fingerprint density at radius 1 is 1.33 bits per heavy atom. The molecule has 1 atom stereocenters. The van der Waals surface area contributed by atoms with E-state index in [9.17, 15) is 4.79 Å². The van der Waals surface area contributed by atoms with Gasteiger partial charge in [0.1, 0.15) is 11.6 Å². The predicted octanol–water partition coefficient (Wildman–Crippen LogP) is 1.82. The number of nitrogen functional groups attached to an aromatic ring is 1. The maximum absolute atomic E-state index is 11.5. The second-order valence-corrected chi connectivity index (χ2v) is 4.70. The van der Waals surface area contributed by atoms with E-state index in [1.54, 1.807) is 0 Å². The first-order valence-corrected chi connectivity index (χ1v) is 6.18. The van der Waals surface area contributed by atoms with Crippen LogP contribution in [-0.2, 0) is 6.42 Å². The largest absolute Gasteiger partial charge is 0.383 e. The van der Waals surface area contributed by atoms with Crippen LogP contribution in [0.5, 0.6) is 0 Å². The first-order chi connectivity index (χ1) is 8.74. The molecule has 1 aliphatic rings. The van der Waals surface area contributed by atoms with Crippen molar-refractivity contribution in [2.45, 2.75) is 25.2 Å². The van der Waals surface area contributed by atoms with E-state index in [0.717, 1.165) is 19.3 Å². The van der Waals surface area contributed by atoms with Crippen LogP contribution in [0.3, 0.4) is 0 Å². The molecular formula is C14H15N3O. The molecule has 1 aliphatic carbocycles. The molecule has 1 aromatic heterocycles. The first-order valence-electron chi connectivity index (χ1n) is 6.18. The molecule has 0 saturated heterocycles. The van der Waals surface area contributed by atoms with Gasteiger partial charge in [-0.1, -0.05) is 24.3 Å². The van der Waals surface area contributed by atoms with Crippen LogP contribution in [0.25, 0.3) is 0 Å². The lowest BCUT2D eigenvalue weighted by Gasteiger charge is -2.24. The summed E-state index contributed by atoms with van der Waals surface area (Å²) in [6.07, 6.45) is 3.21. The lowest BCUT2D eigenvalue weighted by molar-refractivity contribution is 0.589. The van der Waals surface area contributed by atoms with Crippen LogP contribution < -0.4 is 11.3 Å². The average Bonchev–Trinajstić information content (AvgIpc) is 2.37. The maximum Gasteiger partial charge on any atom is 0.252 e. The van der Waals surface area contributed by atoms with Gasteiger partial charge in [0.05, 0.1) is 0 Å². The number of benzene rings is 1. The molecule has 92 valence electrons. The van der Waals surface area contributed by atoms with Crippen molar-refractivity contribution in [1.82, 2.24) is 9.97 Å². The molecule has 18 heavy (non-hydrogen) atoms. The molecule has 3 N–H and O–H groups in total. The highest BCUT2D eigenvalue weighted by atomic mass is 16.1. The Morgan fingerprint density at radius 2 is 2.17 bits per heavy atom. The molecule has 0 amide bonds. The molecule has 0 saturated carbocycles. The zero-order valence-corrected chi connectivity index (χ0v) is 10.0. The normalized spacial score (nSPS) is 18.3. The van der Waals surface area contributed by atoms with Gasteiger partial charge in [0, 0.05) is 12.0 Å². The van der Waals surface area contributed by atoms with Crippen molar-refractivity contribution in [3.63, 3.8) is 0 Å². The number of aromatic amines is 1. The maximum atomic E-state index is 11.5. The third kappa shape index (κ3) is 1.90. The molecule has 0 bridgehead atoms. The second-order valence-electron chi connectivity index (χ2n) is 4.70. The Morgan fingerprint density at radius 3 is 3.00 bits per heavy atom. The molecule has 4 nitrogen and oxygen atoms in total. The Kier molecular flexibility index (Phi) is 2.63. The van der Waals surface area contributed by atoms with Crippen molar-refractivity contribution in [3.8, 4) is 0 Å². The predicted molar refractivity (Wildman–Crippen MR) is 70.5 cm³/mol. The fourth-order valence-corrected chi connectivity index (χ4v) is 2.70. The number of H-pyrrole nitrogens is 1. The van der Waals surface area contributed by atoms with E-state index < -0.39 is 0 Å². The van der Waals surface area contributed by atoms with E-state index in [1.165, 1.54) is 17.2 Å². The summed E-state index contributed by atoms with van der Waals surface area (Å²) in [5.41, 5.74) is 8.08. The first kappa shape index (κ1) is 11.0. The smallest absolute Gasteiger partial charge is 0.252 e. The Hall–Kier alpha value is -2.10. The number of hydrogen-bond donors (Lipinski definition) is 2. The molecule has 0 aliphatic heterocycles. The van der Waals surface area contributed by atoms with Gasteiger partial charge in [0.2, 0.25) is 0 Å². The van der Waals surface area contributed by atoms with Crippen molar-refractivity contribution >= 4 is 5.82 Å². The Balaban J connectivity index is 2.11. The monoisotopic (exact) mass is 241 g/mol. The topological polar surface area (TPSA) is 71.8 Å². The van der Waals surface area contributed by atoms with E-state index in [1.807, 2.05) is 6.07 Å². The summed E-state index contributed by atoms with van der Waals surface area (Å²) in [6, 6.07) is 9.66. The summed E-state index contributed by atoms with van der Waals surface area (Å²) in [7, 11) is 0. The van der Waals surface area contributed by atoms with Crippen molar-refractivity contribution in [3.05, 3.63) is 57.6 Å². The number of aromatic nitrogens is 2. The minimum absolute atomic E-state index is 0.158. The fourth-order valence-electron chi connectivity index (χ4n) is 2.70. The highest BCUT2D eigenvalue weighted by Gasteiger charge is 2.23. The summed E-state index contributed by atoms with van der Waals surface area (Å²) in [4.78, 5) is 18.6. The summed E-state index contributed by atoms with van der Waals surface area (Å²) >= 11 is 0. The minimum Gasteiger partial charge on any atom is -0.383 e. The molecule has 1 heterocycles. The number of nitrogens with zero attached hydrogens (tertiary/aromatic N) is 1. The lowest BCUT2D eigenvalue weighted by Crippen LogP contribution is -2.19. The van der Waals surface area contributed by atoms with Gasteiger partial charge in [-0.15, -0.1) is 0 Å². The van der Waals surface area contributed by atoms with Crippen LogP contribution >= 0.6 is 0 Å². The van der Waals surface area contributed by atoms with Gasteiger partial charge < -0.3 is 10.7 Å². The Bertz CT molecular complexity index is 633. The lowest BCUT2D eigenvalue weighted by atomic mass is 9.82. The second kappa shape index (κ2) is 4.29.